The fraction of sp³-hybridized carbons (Fsp3) is 0.346. The molecule has 0 amide bonds. The summed E-state index contributed by atoms with van der Waals surface area (Å²) >= 11 is 0. The fourth-order valence-electron chi connectivity index (χ4n) is 4.85. The number of halogens is 2. The molecule has 1 aliphatic rings. The average molecular weight is 447 g/mol. The molecule has 0 aliphatic heterocycles. The van der Waals surface area contributed by atoms with Crippen LogP contribution in [0.3, 0.4) is 0 Å². The number of hydrogen-bond donors (Lipinski definition) is 0. The lowest BCUT2D eigenvalue weighted by molar-refractivity contribution is -0.0472. The Morgan fingerprint density at radius 1 is 1.15 bits per heavy atom. The lowest BCUT2D eigenvalue weighted by Crippen LogP contribution is -2.26. The van der Waals surface area contributed by atoms with Crippen molar-refractivity contribution >= 4 is 11.0 Å². The third-order valence-electron chi connectivity index (χ3n) is 6.66. The summed E-state index contributed by atoms with van der Waals surface area (Å²) in [5, 5.41) is 13.2. The minimum Gasteiger partial charge on any atom is -0.361 e. The highest BCUT2D eigenvalue weighted by molar-refractivity contribution is 5.95. The normalized spacial score (nSPS) is 16.2. The second kappa shape index (κ2) is 8.11. The standard InChI is InChI=1S/C26H24F2N4O/c1-16-24(17(2)33-31-16)21-11-23-25(30-13-21)22(20-5-3-18(12-29)4-6-20)15-32(23)14-19-7-9-26(27,28)10-8-19/h3-6,11,13,15,19H,7-10,14H2,1-2H3. The van der Waals surface area contributed by atoms with E-state index in [1.807, 2.05) is 32.2 Å². The van der Waals surface area contributed by atoms with Gasteiger partial charge < -0.3 is 9.09 Å². The number of nitrogens with zero attached hydrogens (tertiary/aromatic N) is 4. The van der Waals surface area contributed by atoms with Gasteiger partial charge in [-0.2, -0.15) is 5.26 Å². The van der Waals surface area contributed by atoms with Gasteiger partial charge in [0.1, 0.15) is 5.76 Å². The molecular weight excluding hydrogens is 422 g/mol. The van der Waals surface area contributed by atoms with Crippen LogP contribution in [0.2, 0.25) is 0 Å². The van der Waals surface area contributed by atoms with Gasteiger partial charge in [-0.15, -0.1) is 0 Å². The van der Waals surface area contributed by atoms with Crippen LogP contribution in [0.25, 0.3) is 33.3 Å². The summed E-state index contributed by atoms with van der Waals surface area (Å²) in [5.41, 5.74) is 6.95. The second-order valence-corrected chi connectivity index (χ2v) is 8.97. The molecule has 3 aromatic heterocycles. The van der Waals surface area contributed by atoms with E-state index in [9.17, 15) is 8.78 Å². The van der Waals surface area contributed by atoms with Gasteiger partial charge in [-0.25, -0.2) is 8.78 Å². The molecule has 1 saturated carbocycles. The Kier molecular flexibility index (Phi) is 5.24. The number of aryl methyl sites for hydroxylation is 2. The summed E-state index contributed by atoms with van der Waals surface area (Å²) < 4.78 is 34.9. The monoisotopic (exact) mass is 446 g/mol. The van der Waals surface area contributed by atoms with Gasteiger partial charge in [-0.1, -0.05) is 17.3 Å². The van der Waals surface area contributed by atoms with E-state index >= 15 is 0 Å². The van der Waals surface area contributed by atoms with Gasteiger partial charge in [0.25, 0.3) is 0 Å². The third kappa shape index (κ3) is 4.02. The molecule has 7 heteroatoms. The first-order valence-corrected chi connectivity index (χ1v) is 11.1. The van der Waals surface area contributed by atoms with Gasteiger partial charge in [-0.05, 0) is 56.4 Å². The quantitative estimate of drug-likeness (QED) is 0.351. The first-order chi connectivity index (χ1) is 15.8. The zero-order valence-corrected chi connectivity index (χ0v) is 18.6. The summed E-state index contributed by atoms with van der Waals surface area (Å²) in [6, 6.07) is 11.7. The van der Waals surface area contributed by atoms with Gasteiger partial charge in [0, 0.05) is 48.5 Å². The number of fused-ring (bicyclic) bond motifs is 1. The number of rotatable bonds is 4. The molecule has 0 atom stereocenters. The van der Waals surface area contributed by atoms with Gasteiger partial charge in [0.15, 0.2) is 0 Å². The van der Waals surface area contributed by atoms with Gasteiger partial charge in [0.2, 0.25) is 5.92 Å². The number of aromatic nitrogens is 3. The molecule has 0 N–H and O–H groups in total. The molecule has 4 aromatic rings. The van der Waals surface area contributed by atoms with E-state index in [0.717, 1.165) is 44.7 Å². The molecule has 0 bridgehead atoms. The van der Waals surface area contributed by atoms with Crippen molar-refractivity contribution in [3.8, 4) is 28.3 Å². The van der Waals surface area contributed by atoms with Crippen molar-refractivity contribution in [1.29, 1.82) is 5.26 Å². The Morgan fingerprint density at radius 2 is 1.88 bits per heavy atom. The summed E-state index contributed by atoms with van der Waals surface area (Å²) in [6.45, 7) is 4.44. The van der Waals surface area contributed by atoms with Crippen molar-refractivity contribution in [3.63, 3.8) is 0 Å². The zero-order chi connectivity index (χ0) is 23.2. The molecule has 3 heterocycles. The molecule has 0 saturated heterocycles. The van der Waals surface area contributed by atoms with E-state index in [1.165, 1.54) is 0 Å². The summed E-state index contributed by atoms with van der Waals surface area (Å²) in [7, 11) is 0. The topological polar surface area (TPSA) is 67.6 Å². The van der Waals surface area contributed by atoms with Crippen LogP contribution in [0.4, 0.5) is 8.78 Å². The molecule has 168 valence electrons. The molecular formula is C26H24F2N4O. The highest BCUT2D eigenvalue weighted by Gasteiger charge is 2.35. The Morgan fingerprint density at radius 3 is 2.52 bits per heavy atom. The van der Waals surface area contributed by atoms with E-state index in [2.05, 4.69) is 28.1 Å². The van der Waals surface area contributed by atoms with Crippen molar-refractivity contribution in [1.82, 2.24) is 14.7 Å². The lowest BCUT2D eigenvalue weighted by Gasteiger charge is -2.28. The number of pyridine rings is 1. The van der Waals surface area contributed by atoms with Crippen LogP contribution in [0.1, 0.15) is 42.7 Å². The lowest BCUT2D eigenvalue weighted by atomic mass is 9.87. The highest BCUT2D eigenvalue weighted by atomic mass is 19.3. The zero-order valence-electron chi connectivity index (χ0n) is 18.6. The Labute approximate surface area is 190 Å². The number of alkyl halides is 2. The first-order valence-electron chi connectivity index (χ1n) is 11.1. The Balaban J connectivity index is 1.60. The van der Waals surface area contributed by atoms with Crippen LogP contribution in [-0.2, 0) is 6.54 Å². The molecule has 1 aromatic carbocycles. The Hall–Kier alpha value is -3.53. The van der Waals surface area contributed by atoms with Crippen molar-refractivity contribution in [2.75, 3.05) is 0 Å². The molecule has 33 heavy (non-hydrogen) atoms. The Bertz CT molecular complexity index is 1330. The highest BCUT2D eigenvalue weighted by Crippen LogP contribution is 2.39. The van der Waals surface area contributed by atoms with E-state index in [0.29, 0.717) is 24.9 Å². The summed E-state index contributed by atoms with van der Waals surface area (Å²) in [4.78, 5) is 4.80. The third-order valence-corrected chi connectivity index (χ3v) is 6.66. The van der Waals surface area contributed by atoms with Crippen LogP contribution in [0.5, 0.6) is 0 Å². The van der Waals surface area contributed by atoms with Gasteiger partial charge in [0.05, 0.1) is 28.4 Å². The SMILES string of the molecule is Cc1noc(C)c1-c1cnc2c(-c3ccc(C#N)cc3)cn(CC3CCC(F)(F)CC3)c2c1. The van der Waals surface area contributed by atoms with Crippen LogP contribution in [0, 0.1) is 31.1 Å². The summed E-state index contributed by atoms with van der Waals surface area (Å²) in [6.07, 6.45) is 4.80. The van der Waals surface area contributed by atoms with Crippen molar-refractivity contribution in [3.05, 3.63) is 59.7 Å². The molecule has 5 rings (SSSR count). The number of benzene rings is 1. The van der Waals surface area contributed by atoms with E-state index in [1.54, 1.807) is 12.1 Å². The van der Waals surface area contributed by atoms with Crippen molar-refractivity contribution < 1.29 is 13.3 Å². The van der Waals surface area contributed by atoms with E-state index in [-0.39, 0.29) is 18.8 Å². The predicted molar refractivity (Wildman–Crippen MR) is 122 cm³/mol. The van der Waals surface area contributed by atoms with Gasteiger partial charge in [-0.3, -0.25) is 4.98 Å². The van der Waals surface area contributed by atoms with Crippen molar-refractivity contribution in [2.45, 2.75) is 52.0 Å². The molecule has 0 unspecified atom stereocenters. The van der Waals surface area contributed by atoms with E-state index in [4.69, 9.17) is 14.8 Å². The summed E-state index contributed by atoms with van der Waals surface area (Å²) in [5.74, 6) is -1.62. The maximum absolute atomic E-state index is 13.7. The average Bonchev–Trinajstić information content (AvgIpc) is 3.34. The largest absolute Gasteiger partial charge is 0.361 e. The number of hydrogen-bond acceptors (Lipinski definition) is 4. The molecule has 0 radical (unpaired) electrons. The van der Waals surface area contributed by atoms with Crippen molar-refractivity contribution in [2.24, 2.45) is 5.92 Å². The van der Waals surface area contributed by atoms with Crippen LogP contribution >= 0.6 is 0 Å². The smallest absolute Gasteiger partial charge is 0.248 e. The maximum Gasteiger partial charge on any atom is 0.248 e. The molecule has 1 fully saturated rings. The second-order valence-electron chi connectivity index (χ2n) is 8.97. The maximum atomic E-state index is 13.7. The number of nitriles is 1. The first kappa shape index (κ1) is 21.3. The molecule has 0 spiro atoms. The van der Waals surface area contributed by atoms with Crippen LogP contribution in [0.15, 0.2) is 47.2 Å². The van der Waals surface area contributed by atoms with Crippen LogP contribution < -0.4 is 0 Å². The predicted octanol–water partition coefficient (Wildman–Crippen LogP) is 6.67. The van der Waals surface area contributed by atoms with Gasteiger partial charge >= 0.3 is 0 Å². The van der Waals surface area contributed by atoms with E-state index < -0.39 is 5.92 Å². The molecule has 5 nitrogen and oxygen atoms in total. The minimum absolute atomic E-state index is 0.0536. The fourth-order valence-corrected chi connectivity index (χ4v) is 4.85. The van der Waals surface area contributed by atoms with Crippen LogP contribution in [-0.4, -0.2) is 20.6 Å². The molecule has 1 aliphatic carbocycles. The minimum atomic E-state index is -2.54.